The Morgan fingerprint density at radius 2 is 1.88 bits per heavy atom. The number of anilines is 1. The van der Waals surface area contributed by atoms with Gasteiger partial charge >= 0.3 is 0 Å². The van der Waals surface area contributed by atoms with Crippen LogP contribution in [0, 0.1) is 11.3 Å². The highest BCUT2D eigenvalue weighted by atomic mass is 16.5. The Morgan fingerprint density at radius 3 is 2.56 bits per heavy atom. The molecule has 1 saturated carbocycles. The molecule has 0 radical (unpaired) electrons. The summed E-state index contributed by atoms with van der Waals surface area (Å²) >= 11 is 0. The van der Waals surface area contributed by atoms with Gasteiger partial charge < -0.3 is 9.64 Å². The van der Waals surface area contributed by atoms with E-state index < -0.39 is 0 Å². The van der Waals surface area contributed by atoms with E-state index in [1.54, 1.807) is 7.11 Å². The summed E-state index contributed by atoms with van der Waals surface area (Å²) in [5, 5.41) is 10.6. The molecule has 0 unspecified atom stereocenters. The van der Waals surface area contributed by atoms with E-state index in [9.17, 15) is 5.26 Å². The Labute approximate surface area is 148 Å². The molecule has 130 valence electrons. The molecule has 1 aromatic heterocycles. The number of piperazine rings is 1. The number of hydrogen-bond acceptors (Lipinski definition) is 5. The number of nitrogens with zero attached hydrogens (tertiary/aromatic N) is 4. The largest absolute Gasteiger partial charge is 0.497 e. The first-order valence-electron chi connectivity index (χ1n) is 9.16. The van der Waals surface area contributed by atoms with Crippen LogP contribution in [0.1, 0.15) is 31.2 Å². The molecule has 1 aromatic carbocycles. The van der Waals surface area contributed by atoms with E-state index in [0.717, 1.165) is 54.7 Å². The fourth-order valence-corrected chi connectivity index (χ4v) is 4.16. The van der Waals surface area contributed by atoms with Crippen molar-refractivity contribution >= 4 is 16.7 Å². The van der Waals surface area contributed by atoms with Crippen molar-refractivity contribution in [1.82, 2.24) is 9.88 Å². The van der Waals surface area contributed by atoms with Crippen LogP contribution < -0.4 is 9.64 Å². The van der Waals surface area contributed by atoms with Crippen molar-refractivity contribution in [3.8, 4) is 11.8 Å². The van der Waals surface area contributed by atoms with Crippen LogP contribution in [0.25, 0.3) is 10.9 Å². The van der Waals surface area contributed by atoms with Gasteiger partial charge in [0.25, 0.3) is 0 Å². The summed E-state index contributed by atoms with van der Waals surface area (Å²) in [7, 11) is 1.66. The Kier molecular flexibility index (Phi) is 4.46. The molecule has 0 spiro atoms. The van der Waals surface area contributed by atoms with Crippen LogP contribution in [-0.4, -0.2) is 49.2 Å². The molecule has 0 atom stereocenters. The zero-order chi connectivity index (χ0) is 17.2. The standard InChI is InChI=1S/C20H24N4O/c1-25-18-7-6-15-12-16(14-21)20(22-19(15)13-18)24-10-8-23(9-11-24)17-4-2-3-5-17/h6-7,12-13,17H,2-5,8-11H2,1H3. The number of pyridine rings is 1. The molecule has 5 heteroatoms. The number of benzene rings is 1. The van der Waals surface area contributed by atoms with Gasteiger partial charge in [-0.2, -0.15) is 5.26 Å². The van der Waals surface area contributed by atoms with E-state index in [2.05, 4.69) is 15.9 Å². The van der Waals surface area contributed by atoms with Gasteiger partial charge in [-0.3, -0.25) is 4.90 Å². The smallest absolute Gasteiger partial charge is 0.147 e. The average Bonchev–Trinajstić information content (AvgIpc) is 3.21. The van der Waals surface area contributed by atoms with Crippen LogP contribution in [0.2, 0.25) is 0 Å². The Morgan fingerprint density at radius 1 is 1.12 bits per heavy atom. The Balaban J connectivity index is 1.58. The maximum Gasteiger partial charge on any atom is 0.147 e. The Bertz CT molecular complexity index is 799. The van der Waals surface area contributed by atoms with Crippen LogP contribution >= 0.6 is 0 Å². The van der Waals surface area contributed by atoms with Crippen LogP contribution in [-0.2, 0) is 0 Å². The minimum Gasteiger partial charge on any atom is -0.497 e. The number of nitriles is 1. The molecule has 1 aliphatic carbocycles. The topological polar surface area (TPSA) is 52.4 Å². The van der Waals surface area contributed by atoms with E-state index in [1.807, 2.05) is 24.3 Å². The first-order valence-corrected chi connectivity index (χ1v) is 9.16. The lowest BCUT2D eigenvalue weighted by Crippen LogP contribution is -2.50. The number of ether oxygens (including phenoxy) is 1. The van der Waals surface area contributed by atoms with E-state index in [4.69, 9.17) is 9.72 Å². The van der Waals surface area contributed by atoms with E-state index in [1.165, 1.54) is 25.7 Å². The van der Waals surface area contributed by atoms with Crippen molar-refractivity contribution in [3.63, 3.8) is 0 Å². The number of aromatic nitrogens is 1. The lowest BCUT2D eigenvalue weighted by molar-refractivity contribution is 0.187. The SMILES string of the molecule is COc1ccc2cc(C#N)c(N3CCN(C4CCCC4)CC3)nc2c1. The third-order valence-corrected chi connectivity index (χ3v) is 5.58. The first kappa shape index (κ1) is 16.2. The van der Waals surface area contributed by atoms with E-state index >= 15 is 0 Å². The van der Waals surface area contributed by atoms with E-state index in [-0.39, 0.29) is 0 Å². The van der Waals surface area contributed by atoms with Crippen molar-refractivity contribution < 1.29 is 4.74 Å². The molecule has 2 heterocycles. The molecule has 4 rings (SSSR count). The monoisotopic (exact) mass is 336 g/mol. The summed E-state index contributed by atoms with van der Waals surface area (Å²) < 4.78 is 5.31. The number of methoxy groups -OCH3 is 1. The predicted octanol–water partition coefficient (Wildman–Crippen LogP) is 3.18. The highest BCUT2D eigenvalue weighted by Crippen LogP contribution is 2.28. The highest BCUT2D eigenvalue weighted by Gasteiger charge is 2.27. The van der Waals surface area contributed by atoms with Crippen molar-refractivity contribution in [2.75, 3.05) is 38.2 Å². The minimum absolute atomic E-state index is 0.659. The molecule has 1 aliphatic heterocycles. The van der Waals surface area contributed by atoms with Gasteiger partial charge in [0.2, 0.25) is 0 Å². The van der Waals surface area contributed by atoms with Crippen LogP contribution in [0.15, 0.2) is 24.3 Å². The van der Waals surface area contributed by atoms with Crippen LogP contribution in [0.5, 0.6) is 5.75 Å². The third kappa shape index (κ3) is 3.14. The highest BCUT2D eigenvalue weighted by molar-refractivity contribution is 5.84. The third-order valence-electron chi connectivity index (χ3n) is 5.58. The Hall–Kier alpha value is -2.32. The number of rotatable bonds is 3. The van der Waals surface area contributed by atoms with Gasteiger partial charge in [0.05, 0.1) is 18.2 Å². The van der Waals surface area contributed by atoms with Crippen molar-refractivity contribution in [1.29, 1.82) is 5.26 Å². The van der Waals surface area contributed by atoms with Gasteiger partial charge in [-0.15, -0.1) is 0 Å². The summed E-state index contributed by atoms with van der Waals surface area (Å²) in [4.78, 5) is 9.70. The van der Waals surface area contributed by atoms with Gasteiger partial charge in [-0.25, -0.2) is 4.98 Å². The van der Waals surface area contributed by atoms with Crippen LogP contribution in [0.4, 0.5) is 5.82 Å². The zero-order valence-corrected chi connectivity index (χ0v) is 14.7. The maximum atomic E-state index is 9.58. The molecular weight excluding hydrogens is 312 g/mol. The van der Waals surface area contributed by atoms with E-state index in [0.29, 0.717) is 5.56 Å². The molecule has 0 bridgehead atoms. The van der Waals surface area contributed by atoms with Gasteiger partial charge in [0, 0.05) is 43.7 Å². The molecule has 0 N–H and O–H groups in total. The van der Waals surface area contributed by atoms with Gasteiger partial charge in [0.15, 0.2) is 0 Å². The predicted molar refractivity (Wildman–Crippen MR) is 99.1 cm³/mol. The second-order valence-electron chi connectivity index (χ2n) is 6.99. The maximum absolute atomic E-state index is 9.58. The molecule has 25 heavy (non-hydrogen) atoms. The molecular formula is C20H24N4O. The lowest BCUT2D eigenvalue weighted by Gasteiger charge is -2.38. The molecule has 0 amide bonds. The van der Waals surface area contributed by atoms with Gasteiger partial charge in [0.1, 0.15) is 17.6 Å². The second-order valence-corrected chi connectivity index (χ2v) is 6.99. The molecule has 5 nitrogen and oxygen atoms in total. The summed E-state index contributed by atoms with van der Waals surface area (Å²) in [6.45, 7) is 4.00. The fraction of sp³-hybridized carbons (Fsp3) is 0.500. The molecule has 2 aliphatic rings. The lowest BCUT2D eigenvalue weighted by atomic mass is 10.1. The molecule has 2 fully saturated rings. The number of hydrogen-bond donors (Lipinski definition) is 0. The van der Waals surface area contributed by atoms with Gasteiger partial charge in [-0.1, -0.05) is 12.8 Å². The second kappa shape index (κ2) is 6.89. The first-order chi connectivity index (χ1) is 12.3. The fourth-order valence-electron chi connectivity index (χ4n) is 4.16. The summed E-state index contributed by atoms with van der Waals surface area (Å²) in [6, 6.07) is 10.9. The number of fused-ring (bicyclic) bond motifs is 1. The van der Waals surface area contributed by atoms with Crippen molar-refractivity contribution in [2.45, 2.75) is 31.7 Å². The normalized spacial score (nSPS) is 19.3. The quantitative estimate of drug-likeness (QED) is 0.862. The van der Waals surface area contributed by atoms with Crippen molar-refractivity contribution in [2.24, 2.45) is 0 Å². The minimum atomic E-state index is 0.659. The van der Waals surface area contributed by atoms with Crippen molar-refractivity contribution in [3.05, 3.63) is 29.8 Å². The zero-order valence-electron chi connectivity index (χ0n) is 14.7. The average molecular weight is 336 g/mol. The summed E-state index contributed by atoms with van der Waals surface area (Å²) in [5.74, 6) is 1.61. The summed E-state index contributed by atoms with van der Waals surface area (Å²) in [6.07, 6.45) is 5.43. The summed E-state index contributed by atoms with van der Waals surface area (Å²) in [5.41, 5.74) is 1.54. The van der Waals surface area contributed by atoms with Gasteiger partial charge in [-0.05, 0) is 31.0 Å². The molecule has 1 saturated heterocycles. The van der Waals surface area contributed by atoms with Crippen LogP contribution in [0.3, 0.4) is 0 Å². The molecule has 2 aromatic rings.